The smallest absolute Gasteiger partial charge is 0.258 e. The summed E-state index contributed by atoms with van der Waals surface area (Å²) < 4.78 is 0. The molecule has 1 aromatic carbocycles. The van der Waals surface area contributed by atoms with E-state index in [-0.39, 0.29) is 11.7 Å². The first-order chi connectivity index (χ1) is 10.7. The third-order valence-electron chi connectivity index (χ3n) is 4.86. The highest BCUT2D eigenvalue weighted by atomic mass is 16.3. The number of rotatable bonds is 3. The van der Waals surface area contributed by atoms with Crippen molar-refractivity contribution in [1.82, 2.24) is 10.4 Å². The first-order valence-corrected chi connectivity index (χ1v) is 8.23. The van der Waals surface area contributed by atoms with Crippen LogP contribution in [0.25, 0.3) is 6.08 Å². The van der Waals surface area contributed by atoms with E-state index in [1.54, 1.807) is 24.3 Å². The van der Waals surface area contributed by atoms with E-state index < -0.39 is 0 Å². The largest absolute Gasteiger partial charge is 0.508 e. The van der Waals surface area contributed by atoms with Gasteiger partial charge in [-0.25, -0.2) is 5.01 Å². The lowest BCUT2D eigenvalue weighted by Crippen LogP contribution is -2.50. The summed E-state index contributed by atoms with van der Waals surface area (Å²) in [5.74, 6) is 1.72. The first-order valence-electron chi connectivity index (χ1n) is 8.23. The van der Waals surface area contributed by atoms with E-state index >= 15 is 0 Å². The molecule has 1 saturated heterocycles. The lowest BCUT2D eigenvalue weighted by Gasteiger charge is -2.41. The number of carbonyl (C=O) groups is 1. The molecule has 2 fully saturated rings. The number of piperidine rings is 1. The fourth-order valence-electron chi connectivity index (χ4n) is 3.70. The number of hydrogen-bond acceptors (Lipinski definition) is 3. The predicted octanol–water partition coefficient (Wildman–Crippen LogP) is 2.95. The second-order valence-electron chi connectivity index (χ2n) is 6.44. The van der Waals surface area contributed by atoms with Gasteiger partial charge in [-0.1, -0.05) is 31.4 Å². The Morgan fingerprint density at radius 1 is 1.23 bits per heavy atom. The second-order valence-corrected chi connectivity index (χ2v) is 6.44. The summed E-state index contributed by atoms with van der Waals surface area (Å²) >= 11 is 0. The van der Waals surface area contributed by atoms with Gasteiger partial charge in [-0.2, -0.15) is 0 Å². The standard InChI is InChI=1S/C18H24N2O2/c21-17-7-3-4-14(12-17)8-9-18(22)19-20-11-10-15-5-1-2-6-16(15)13-20/h3-4,7-9,12,15-16,21H,1-2,5-6,10-11,13H2,(H,19,22)/b9-8+. The molecule has 4 nitrogen and oxygen atoms in total. The van der Waals surface area contributed by atoms with Gasteiger partial charge in [-0.15, -0.1) is 0 Å². The van der Waals surface area contributed by atoms with Crippen LogP contribution >= 0.6 is 0 Å². The van der Waals surface area contributed by atoms with Crippen molar-refractivity contribution in [2.24, 2.45) is 11.8 Å². The molecular weight excluding hydrogens is 276 g/mol. The zero-order valence-corrected chi connectivity index (χ0v) is 12.9. The van der Waals surface area contributed by atoms with Crippen LogP contribution in [0.1, 0.15) is 37.7 Å². The minimum absolute atomic E-state index is 0.0994. The summed E-state index contributed by atoms with van der Waals surface area (Å²) in [6.45, 7) is 1.93. The van der Waals surface area contributed by atoms with Gasteiger partial charge in [-0.3, -0.25) is 10.2 Å². The van der Waals surface area contributed by atoms with E-state index in [1.165, 1.54) is 38.2 Å². The van der Waals surface area contributed by atoms with Gasteiger partial charge in [0.1, 0.15) is 5.75 Å². The first kappa shape index (κ1) is 15.1. The van der Waals surface area contributed by atoms with Gasteiger partial charge in [0.2, 0.25) is 0 Å². The Kier molecular flexibility index (Phi) is 4.78. The third-order valence-corrected chi connectivity index (χ3v) is 4.86. The molecule has 0 bridgehead atoms. The van der Waals surface area contributed by atoms with Crippen LogP contribution in [0.2, 0.25) is 0 Å². The van der Waals surface area contributed by atoms with Gasteiger partial charge >= 0.3 is 0 Å². The van der Waals surface area contributed by atoms with Crippen LogP contribution in [0.4, 0.5) is 0 Å². The maximum absolute atomic E-state index is 12.0. The van der Waals surface area contributed by atoms with E-state index in [9.17, 15) is 9.90 Å². The van der Waals surface area contributed by atoms with Crippen molar-refractivity contribution >= 4 is 12.0 Å². The number of amides is 1. The molecule has 1 aliphatic heterocycles. The Balaban J connectivity index is 1.51. The average Bonchev–Trinajstić information content (AvgIpc) is 2.53. The van der Waals surface area contributed by atoms with E-state index in [0.717, 1.165) is 30.5 Å². The predicted molar refractivity (Wildman–Crippen MR) is 86.9 cm³/mol. The molecule has 1 aromatic rings. The molecule has 2 N–H and O–H groups in total. The number of hydrazine groups is 1. The van der Waals surface area contributed by atoms with Gasteiger partial charge in [0.15, 0.2) is 0 Å². The highest BCUT2D eigenvalue weighted by molar-refractivity contribution is 5.91. The topological polar surface area (TPSA) is 52.6 Å². The van der Waals surface area contributed by atoms with E-state index in [1.807, 2.05) is 6.07 Å². The monoisotopic (exact) mass is 300 g/mol. The molecular formula is C18H24N2O2. The highest BCUT2D eigenvalue weighted by Crippen LogP contribution is 2.35. The van der Waals surface area contributed by atoms with Crippen molar-refractivity contribution in [2.45, 2.75) is 32.1 Å². The van der Waals surface area contributed by atoms with Crippen LogP contribution in [-0.4, -0.2) is 29.1 Å². The number of hydrogen-bond donors (Lipinski definition) is 2. The maximum Gasteiger partial charge on any atom is 0.258 e. The van der Waals surface area contributed by atoms with Crippen LogP contribution < -0.4 is 5.43 Å². The Morgan fingerprint density at radius 3 is 2.86 bits per heavy atom. The summed E-state index contributed by atoms with van der Waals surface area (Å²) in [5, 5.41) is 11.5. The van der Waals surface area contributed by atoms with Crippen molar-refractivity contribution in [3.63, 3.8) is 0 Å². The zero-order chi connectivity index (χ0) is 15.4. The summed E-state index contributed by atoms with van der Waals surface area (Å²) in [5.41, 5.74) is 3.80. The van der Waals surface area contributed by atoms with Crippen molar-refractivity contribution in [3.8, 4) is 5.75 Å². The van der Waals surface area contributed by atoms with Crippen LogP contribution in [-0.2, 0) is 4.79 Å². The number of nitrogens with zero attached hydrogens (tertiary/aromatic N) is 1. The van der Waals surface area contributed by atoms with Crippen molar-refractivity contribution in [3.05, 3.63) is 35.9 Å². The highest BCUT2D eigenvalue weighted by Gasteiger charge is 2.31. The molecule has 2 aliphatic rings. The lowest BCUT2D eigenvalue weighted by atomic mass is 9.75. The lowest BCUT2D eigenvalue weighted by molar-refractivity contribution is -0.122. The molecule has 1 aliphatic carbocycles. The van der Waals surface area contributed by atoms with Gasteiger partial charge in [0.05, 0.1) is 0 Å². The Morgan fingerprint density at radius 2 is 2.05 bits per heavy atom. The fraction of sp³-hybridized carbons (Fsp3) is 0.500. The van der Waals surface area contributed by atoms with Gasteiger partial charge in [0, 0.05) is 19.2 Å². The fourth-order valence-corrected chi connectivity index (χ4v) is 3.70. The van der Waals surface area contributed by atoms with Crippen LogP contribution in [0.15, 0.2) is 30.3 Å². The van der Waals surface area contributed by atoms with Crippen LogP contribution in [0.5, 0.6) is 5.75 Å². The van der Waals surface area contributed by atoms with Crippen molar-refractivity contribution < 1.29 is 9.90 Å². The molecule has 0 spiro atoms. The normalized spacial score (nSPS) is 25.8. The number of phenolic OH excluding ortho intramolecular Hbond substituents is 1. The third kappa shape index (κ3) is 3.89. The number of aromatic hydroxyl groups is 1. The van der Waals surface area contributed by atoms with Gasteiger partial charge in [-0.05, 0) is 48.4 Å². The number of carbonyl (C=O) groups excluding carboxylic acids is 1. The summed E-state index contributed by atoms with van der Waals surface area (Å²) in [6, 6.07) is 6.88. The SMILES string of the molecule is O=C(/C=C/c1cccc(O)c1)NN1CCC2CCCCC2C1. The Labute approximate surface area is 131 Å². The number of nitrogens with one attached hydrogen (secondary N) is 1. The molecule has 1 amide bonds. The van der Waals surface area contributed by atoms with E-state index in [0.29, 0.717) is 0 Å². The van der Waals surface area contributed by atoms with Gasteiger partial charge < -0.3 is 5.11 Å². The summed E-state index contributed by atoms with van der Waals surface area (Å²) in [7, 11) is 0. The number of fused-ring (bicyclic) bond motifs is 1. The van der Waals surface area contributed by atoms with Crippen LogP contribution in [0, 0.1) is 11.8 Å². The molecule has 2 atom stereocenters. The Bertz CT molecular complexity index is 556. The van der Waals surface area contributed by atoms with Crippen LogP contribution in [0.3, 0.4) is 0 Å². The molecule has 0 radical (unpaired) electrons. The average molecular weight is 300 g/mol. The second kappa shape index (κ2) is 6.97. The Hall–Kier alpha value is -1.81. The number of benzene rings is 1. The van der Waals surface area contributed by atoms with E-state index in [4.69, 9.17) is 0 Å². The molecule has 0 aromatic heterocycles. The minimum atomic E-state index is -0.0994. The molecule has 1 heterocycles. The molecule has 118 valence electrons. The minimum Gasteiger partial charge on any atom is -0.508 e. The van der Waals surface area contributed by atoms with E-state index in [2.05, 4.69) is 10.4 Å². The van der Waals surface area contributed by atoms with Crippen molar-refractivity contribution in [1.29, 1.82) is 0 Å². The molecule has 22 heavy (non-hydrogen) atoms. The molecule has 2 unspecified atom stereocenters. The summed E-state index contributed by atoms with van der Waals surface area (Å²) in [6.07, 6.45) is 9.83. The summed E-state index contributed by atoms with van der Waals surface area (Å²) in [4.78, 5) is 12.0. The van der Waals surface area contributed by atoms with Gasteiger partial charge in [0.25, 0.3) is 5.91 Å². The van der Waals surface area contributed by atoms with Crippen molar-refractivity contribution in [2.75, 3.05) is 13.1 Å². The number of phenols is 1. The maximum atomic E-state index is 12.0. The molecule has 1 saturated carbocycles. The molecule has 3 rings (SSSR count). The quantitative estimate of drug-likeness (QED) is 0.844. The zero-order valence-electron chi connectivity index (χ0n) is 12.9. The molecule has 4 heteroatoms.